The monoisotopic (exact) mass is 392 g/mol. The Balaban J connectivity index is 1.58. The number of nitrogens with one attached hydrogen (secondary N) is 1. The van der Waals surface area contributed by atoms with E-state index >= 15 is 0 Å². The van der Waals surface area contributed by atoms with Crippen molar-refractivity contribution in [3.63, 3.8) is 0 Å². The highest BCUT2D eigenvalue weighted by Gasteiger charge is 2.16. The summed E-state index contributed by atoms with van der Waals surface area (Å²) in [5.74, 6) is 1.18. The van der Waals surface area contributed by atoms with Crippen LogP contribution in [0.1, 0.15) is 28.2 Å². The Hall–Kier alpha value is -3.12. The molecule has 4 aromatic rings. The Morgan fingerprint density at radius 3 is 2.57 bits per heavy atom. The predicted octanol–water partition coefficient (Wildman–Crippen LogP) is 4.96. The molecular formula is C22H20N2O3S. The maximum atomic E-state index is 12.8. The summed E-state index contributed by atoms with van der Waals surface area (Å²) in [6.45, 7) is 1.94. The fourth-order valence-corrected chi connectivity index (χ4v) is 4.09. The van der Waals surface area contributed by atoms with Gasteiger partial charge in [-0.3, -0.25) is 4.79 Å². The van der Waals surface area contributed by atoms with Crippen LogP contribution >= 0.6 is 11.3 Å². The van der Waals surface area contributed by atoms with E-state index in [0.29, 0.717) is 16.4 Å². The Bertz CT molecular complexity index is 1120. The number of hydrogen-bond donors (Lipinski definition) is 1. The number of ether oxygens (including phenoxy) is 2. The molecule has 0 aliphatic carbocycles. The number of rotatable bonds is 5. The Labute approximate surface area is 166 Å². The fraction of sp³-hybridized carbons (Fsp3) is 0.182. The second kappa shape index (κ2) is 7.48. The van der Waals surface area contributed by atoms with Gasteiger partial charge in [0.25, 0.3) is 5.91 Å². The molecule has 0 fully saturated rings. The zero-order chi connectivity index (χ0) is 19.7. The van der Waals surface area contributed by atoms with E-state index in [1.54, 1.807) is 14.2 Å². The maximum Gasteiger partial charge on any atom is 0.261 e. The van der Waals surface area contributed by atoms with Crippen molar-refractivity contribution in [2.75, 3.05) is 14.2 Å². The van der Waals surface area contributed by atoms with Crippen LogP contribution in [0.15, 0.2) is 54.6 Å². The lowest BCUT2D eigenvalue weighted by Gasteiger charge is -2.16. The number of nitrogens with zero attached hydrogens (tertiary/aromatic N) is 1. The summed E-state index contributed by atoms with van der Waals surface area (Å²) in [6.07, 6.45) is 0. The highest BCUT2D eigenvalue weighted by molar-refractivity contribution is 7.20. The molecule has 0 bridgehead atoms. The van der Waals surface area contributed by atoms with Crippen LogP contribution in [-0.2, 0) is 0 Å². The van der Waals surface area contributed by atoms with E-state index in [2.05, 4.69) is 16.4 Å². The fourth-order valence-electron chi connectivity index (χ4n) is 3.16. The van der Waals surface area contributed by atoms with Crippen LogP contribution in [0, 0.1) is 0 Å². The predicted molar refractivity (Wildman–Crippen MR) is 113 cm³/mol. The summed E-state index contributed by atoms with van der Waals surface area (Å²) in [5, 5.41) is 5.10. The summed E-state index contributed by atoms with van der Waals surface area (Å²) in [4.78, 5) is 19.0. The molecule has 0 radical (unpaired) electrons. The van der Waals surface area contributed by atoms with E-state index in [0.717, 1.165) is 26.7 Å². The molecular weight excluding hydrogens is 372 g/mol. The first kappa shape index (κ1) is 18.3. The van der Waals surface area contributed by atoms with Crippen LogP contribution in [0.4, 0.5) is 0 Å². The molecule has 6 heteroatoms. The topological polar surface area (TPSA) is 60.5 Å². The average molecular weight is 392 g/mol. The molecule has 4 rings (SSSR count). The second-order valence-corrected chi connectivity index (χ2v) is 7.53. The number of carbonyl (C=O) groups excluding carboxylic acids is 1. The van der Waals surface area contributed by atoms with Crippen molar-refractivity contribution in [2.24, 2.45) is 0 Å². The summed E-state index contributed by atoms with van der Waals surface area (Å²) >= 11 is 1.40. The lowest BCUT2D eigenvalue weighted by atomic mass is 10.1. The standard InChI is InChI=1S/C22H20N2O3S/c1-13(14-8-9-18(26-2)19(11-14)27-3)23-21(25)20-12-16-10-15-6-4-5-7-17(15)24-22(16)28-20/h4-13H,1-3H3,(H,23,25). The number of para-hydroxylation sites is 1. The molecule has 1 N–H and O–H groups in total. The Kier molecular flexibility index (Phi) is 4.88. The number of aromatic nitrogens is 1. The molecule has 0 saturated heterocycles. The molecule has 2 aromatic carbocycles. The molecule has 0 aliphatic heterocycles. The van der Waals surface area contributed by atoms with Crippen LogP contribution in [0.5, 0.6) is 11.5 Å². The van der Waals surface area contributed by atoms with Crippen LogP contribution in [-0.4, -0.2) is 25.1 Å². The smallest absolute Gasteiger partial charge is 0.261 e. The van der Waals surface area contributed by atoms with Gasteiger partial charge in [0.15, 0.2) is 11.5 Å². The SMILES string of the molecule is COc1ccc(C(C)NC(=O)c2cc3cc4ccccc4nc3s2)cc1OC. The number of hydrogen-bond acceptors (Lipinski definition) is 5. The highest BCUT2D eigenvalue weighted by Crippen LogP contribution is 2.31. The summed E-state index contributed by atoms with van der Waals surface area (Å²) < 4.78 is 10.6. The lowest BCUT2D eigenvalue weighted by molar-refractivity contribution is 0.0944. The van der Waals surface area contributed by atoms with E-state index < -0.39 is 0 Å². The van der Waals surface area contributed by atoms with Crippen LogP contribution in [0.2, 0.25) is 0 Å². The molecule has 142 valence electrons. The molecule has 1 amide bonds. The molecule has 5 nitrogen and oxygen atoms in total. The van der Waals surface area contributed by atoms with Crippen LogP contribution in [0.3, 0.4) is 0 Å². The zero-order valence-electron chi connectivity index (χ0n) is 15.9. The summed E-state index contributed by atoms with van der Waals surface area (Å²) in [7, 11) is 3.20. The van der Waals surface area contributed by atoms with Gasteiger partial charge in [-0.25, -0.2) is 4.98 Å². The van der Waals surface area contributed by atoms with Gasteiger partial charge in [-0.1, -0.05) is 24.3 Å². The van der Waals surface area contributed by atoms with E-state index in [1.165, 1.54) is 11.3 Å². The number of thiophene rings is 1. The van der Waals surface area contributed by atoms with Gasteiger partial charge in [0.2, 0.25) is 0 Å². The van der Waals surface area contributed by atoms with Crippen molar-refractivity contribution in [1.82, 2.24) is 10.3 Å². The minimum absolute atomic E-state index is 0.116. The zero-order valence-corrected chi connectivity index (χ0v) is 16.7. The molecule has 1 atom stereocenters. The molecule has 0 spiro atoms. The highest BCUT2D eigenvalue weighted by atomic mass is 32.1. The van der Waals surface area contributed by atoms with Crippen LogP contribution in [0.25, 0.3) is 21.1 Å². The summed E-state index contributed by atoms with van der Waals surface area (Å²) in [6, 6.07) is 17.4. The number of carbonyl (C=O) groups is 1. The van der Waals surface area contributed by atoms with Gasteiger partial charge in [-0.2, -0.15) is 0 Å². The largest absolute Gasteiger partial charge is 0.493 e. The van der Waals surface area contributed by atoms with Gasteiger partial charge in [0.1, 0.15) is 4.83 Å². The second-order valence-electron chi connectivity index (χ2n) is 6.50. The van der Waals surface area contributed by atoms with Gasteiger partial charge in [-0.15, -0.1) is 11.3 Å². The van der Waals surface area contributed by atoms with Gasteiger partial charge in [0.05, 0.1) is 30.7 Å². The minimum atomic E-state index is -0.176. The van der Waals surface area contributed by atoms with Crippen molar-refractivity contribution in [2.45, 2.75) is 13.0 Å². The van der Waals surface area contributed by atoms with Gasteiger partial charge in [0, 0.05) is 10.8 Å². The third-order valence-corrected chi connectivity index (χ3v) is 5.73. The summed E-state index contributed by atoms with van der Waals surface area (Å²) in [5.41, 5.74) is 1.87. The minimum Gasteiger partial charge on any atom is -0.493 e. The van der Waals surface area contributed by atoms with Crippen molar-refractivity contribution in [1.29, 1.82) is 0 Å². The quantitative estimate of drug-likeness (QED) is 0.522. The lowest BCUT2D eigenvalue weighted by Crippen LogP contribution is -2.25. The van der Waals surface area contributed by atoms with E-state index in [1.807, 2.05) is 55.5 Å². The number of fused-ring (bicyclic) bond motifs is 2. The van der Waals surface area contributed by atoms with Gasteiger partial charge in [-0.05, 0) is 42.8 Å². The van der Waals surface area contributed by atoms with Crippen LogP contribution < -0.4 is 14.8 Å². The first-order chi connectivity index (χ1) is 13.6. The normalized spacial score (nSPS) is 12.1. The van der Waals surface area contributed by atoms with Crippen molar-refractivity contribution >= 4 is 38.4 Å². The average Bonchev–Trinajstić information content (AvgIpc) is 3.14. The first-order valence-electron chi connectivity index (χ1n) is 8.91. The molecule has 0 aliphatic rings. The van der Waals surface area contributed by atoms with E-state index in [-0.39, 0.29) is 11.9 Å². The molecule has 28 heavy (non-hydrogen) atoms. The molecule has 0 saturated carbocycles. The third-order valence-electron chi connectivity index (χ3n) is 4.69. The van der Waals surface area contributed by atoms with E-state index in [4.69, 9.17) is 9.47 Å². The van der Waals surface area contributed by atoms with Gasteiger partial charge >= 0.3 is 0 Å². The number of benzene rings is 2. The van der Waals surface area contributed by atoms with Crippen molar-refractivity contribution in [3.8, 4) is 11.5 Å². The van der Waals surface area contributed by atoms with Crippen molar-refractivity contribution < 1.29 is 14.3 Å². The Morgan fingerprint density at radius 1 is 1.00 bits per heavy atom. The first-order valence-corrected chi connectivity index (χ1v) is 9.73. The van der Waals surface area contributed by atoms with Crippen molar-refractivity contribution in [3.05, 3.63) is 65.0 Å². The van der Waals surface area contributed by atoms with E-state index in [9.17, 15) is 4.79 Å². The molecule has 2 aromatic heterocycles. The van der Waals surface area contributed by atoms with Gasteiger partial charge < -0.3 is 14.8 Å². The Morgan fingerprint density at radius 2 is 1.79 bits per heavy atom. The number of methoxy groups -OCH3 is 2. The maximum absolute atomic E-state index is 12.8. The number of amides is 1. The third kappa shape index (κ3) is 3.39. The number of pyridine rings is 1. The molecule has 1 unspecified atom stereocenters. The molecule has 2 heterocycles.